The molecule has 1 fully saturated rings. The zero-order valence-corrected chi connectivity index (χ0v) is 16.9. The lowest BCUT2D eigenvalue weighted by Gasteiger charge is -2.38. The Balaban J connectivity index is 1.34. The highest BCUT2D eigenvalue weighted by molar-refractivity contribution is 5.80. The van der Waals surface area contributed by atoms with E-state index >= 15 is 0 Å². The molecule has 1 aliphatic carbocycles. The summed E-state index contributed by atoms with van der Waals surface area (Å²) in [5.41, 5.74) is 2.42. The molecular weight excluding hydrogens is 352 g/mol. The van der Waals surface area contributed by atoms with Crippen LogP contribution in [-0.4, -0.2) is 36.9 Å². The Morgan fingerprint density at radius 2 is 1.93 bits per heavy atom. The van der Waals surface area contributed by atoms with E-state index in [1.165, 1.54) is 25.0 Å². The summed E-state index contributed by atoms with van der Waals surface area (Å²) in [5.74, 6) is 1.62. The predicted octanol–water partition coefficient (Wildman–Crippen LogP) is 3.83. The van der Waals surface area contributed by atoms with E-state index in [1.54, 1.807) is 7.11 Å². The van der Waals surface area contributed by atoms with Gasteiger partial charge in [-0.1, -0.05) is 18.2 Å². The van der Waals surface area contributed by atoms with Crippen LogP contribution in [0.4, 0.5) is 0 Å². The Hall–Kier alpha value is -2.30. The average Bonchev–Trinajstić information content (AvgIpc) is 2.73. The van der Waals surface area contributed by atoms with Crippen LogP contribution in [-0.2, 0) is 16.0 Å². The third kappa shape index (κ3) is 5.60. The Kier molecular flexibility index (Phi) is 7.52. The minimum atomic E-state index is 0.0229. The lowest BCUT2D eigenvalue weighted by molar-refractivity contribution is -0.130. The summed E-state index contributed by atoms with van der Waals surface area (Å²) in [4.78, 5) is 26.7. The Morgan fingerprint density at radius 1 is 1.14 bits per heavy atom. The Labute approximate surface area is 168 Å². The number of hydrogen-bond donors (Lipinski definition) is 1. The number of carbonyl (C=O) groups is 2. The van der Waals surface area contributed by atoms with Gasteiger partial charge in [-0.2, -0.15) is 0 Å². The smallest absolute Gasteiger partial charge is 0.226 e. The number of nitrogens with zero attached hydrogens (tertiary/aromatic N) is 1. The molecule has 1 saturated heterocycles. The third-order valence-corrected chi connectivity index (χ3v) is 5.76. The zero-order valence-electron chi connectivity index (χ0n) is 16.9. The highest BCUT2D eigenvalue weighted by Crippen LogP contribution is 2.35. The molecule has 28 heavy (non-hydrogen) atoms. The van der Waals surface area contributed by atoms with E-state index in [9.17, 15) is 9.59 Å². The minimum Gasteiger partial charge on any atom is -0.497 e. The molecule has 1 unspecified atom stereocenters. The summed E-state index contributed by atoms with van der Waals surface area (Å²) in [6.07, 6.45) is 10.4. The van der Waals surface area contributed by atoms with Crippen molar-refractivity contribution in [1.82, 2.24) is 10.2 Å². The van der Waals surface area contributed by atoms with E-state index in [0.29, 0.717) is 31.7 Å². The van der Waals surface area contributed by atoms with Gasteiger partial charge in [0.2, 0.25) is 11.8 Å². The lowest BCUT2D eigenvalue weighted by Crippen LogP contribution is -2.39. The van der Waals surface area contributed by atoms with Crippen LogP contribution in [0.5, 0.6) is 5.75 Å². The Bertz CT molecular complexity index is 696. The first kappa shape index (κ1) is 20.4. The van der Waals surface area contributed by atoms with Gasteiger partial charge in [0.05, 0.1) is 7.11 Å². The van der Waals surface area contributed by atoms with E-state index in [-0.39, 0.29) is 11.8 Å². The third-order valence-electron chi connectivity index (χ3n) is 5.76. The van der Waals surface area contributed by atoms with Gasteiger partial charge < -0.3 is 15.0 Å². The number of likely N-dealkylation sites (tertiary alicyclic amines) is 1. The van der Waals surface area contributed by atoms with Crippen molar-refractivity contribution in [2.24, 2.45) is 5.92 Å². The number of ether oxygens (including phenoxy) is 1. The van der Waals surface area contributed by atoms with Gasteiger partial charge in [0.25, 0.3) is 0 Å². The van der Waals surface area contributed by atoms with Crippen LogP contribution in [0, 0.1) is 5.92 Å². The van der Waals surface area contributed by atoms with Crippen molar-refractivity contribution >= 4 is 11.8 Å². The number of nitrogens with one attached hydrogen (secondary N) is 1. The maximum absolute atomic E-state index is 12.6. The first-order chi connectivity index (χ1) is 13.7. The molecule has 1 N–H and O–H groups in total. The number of carbonyl (C=O) groups excluding carboxylic acids is 2. The monoisotopic (exact) mass is 384 g/mol. The standard InChI is InChI=1S/C23H32N2O3/c1-28-20-13-11-18(12-14-20)15-16-24-22(26)9-4-10-23(27)25-17-5-7-19-6-2-3-8-21(19)25/h8,11-14,19H,2-7,9-10,15-17H2,1H3,(H,24,26). The van der Waals surface area contributed by atoms with Crippen molar-refractivity contribution in [1.29, 1.82) is 0 Å². The van der Waals surface area contributed by atoms with Crippen LogP contribution in [0.25, 0.3) is 0 Å². The predicted molar refractivity (Wildman–Crippen MR) is 110 cm³/mol. The van der Waals surface area contributed by atoms with Crippen LogP contribution in [0.1, 0.15) is 56.9 Å². The summed E-state index contributed by atoms with van der Waals surface area (Å²) in [5, 5.41) is 2.95. The molecule has 1 atom stereocenters. The molecule has 1 aliphatic heterocycles. The van der Waals surface area contributed by atoms with Crippen LogP contribution in [0.2, 0.25) is 0 Å². The number of amides is 2. The molecule has 0 bridgehead atoms. The molecule has 5 heteroatoms. The van der Waals surface area contributed by atoms with Crippen LogP contribution in [0.15, 0.2) is 36.0 Å². The molecule has 3 rings (SSSR count). The summed E-state index contributed by atoms with van der Waals surface area (Å²) in [6.45, 7) is 1.45. The van der Waals surface area contributed by atoms with E-state index in [1.807, 2.05) is 29.2 Å². The molecule has 0 spiro atoms. The van der Waals surface area contributed by atoms with Crippen molar-refractivity contribution in [3.05, 3.63) is 41.6 Å². The number of methoxy groups -OCH3 is 1. The first-order valence-corrected chi connectivity index (χ1v) is 10.6. The largest absolute Gasteiger partial charge is 0.497 e. The summed E-state index contributed by atoms with van der Waals surface area (Å²) in [6, 6.07) is 7.87. The van der Waals surface area contributed by atoms with Crippen LogP contribution in [0.3, 0.4) is 0 Å². The van der Waals surface area contributed by atoms with Gasteiger partial charge in [-0.15, -0.1) is 0 Å². The van der Waals surface area contributed by atoms with Crippen molar-refractivity contribution in [3.8, 4) is 5.75 Å². The molecule has 1 aromatic rings. The van der Waals surface area contributed by atoms with Crippen molar-refractivity contribution in [2.45, 2.75) is 57.8 Å². The molecule has 152 valence electrons. The van der Waals surface area contributed by atoms with E-state index < -0.39 is 0 Å². The Morgan fingerprint density at radius 3 is 2.71 bits per heavy atom. The fourth-order valence-corrected chi connectivity index (χ4v) is 4.21. The van der Waals surface area contributed by atoms with E-state index in [4.69, 9.17) is 4.74 Å². The molecule has 2 aliphatic rings. The molecule has 1 aromatic carbocycles. The molecule has 0 aromatic heterocycles. The number of fused-ring (bicyclic) bond motifs is 1. The second kappa shape index (κ2) is 10.3. The summed E-state index contributed by atoms with van der Waals surface area (Å²) >= 11 is 0. The average molecular weight is 385 g/mol. The molecule has 0 radical (unpaired) electrons. The lowest BCUT2D eigenvalue weighted by atomic mass is 9.85. The zero-order chi connectivity index (χ0) is 19.8. The van der Waals surface area contributed by atoms with E-state index in [2.05, 4.69) is 11.4 Å². The summed E-state index contributed by atoms with van der Waals surface area (Å²) in [7, 11) is 1.65. The SMILES string of the molecule is COc1ccc(CCNC(=O)CCCC(=O)N2CCCC3CCCC=C32)cc1. The molecule has 2 amide bonds. The first-order valence-electron chi connectivity index (χ1n) is 10.6. The maximum Gasteiger partial charge on any atom is 0.226 e. The fourth-order valence-electron chi connectivity index (χ4n) is 4.21. The van der Waals surface area contributed by atoms with Gasteiger partial charge in [0.1, 0.15) is 5.75 Å². The number of rotatable bonds is 8. The number of benzene rings is 1. The van der Waals surface area contributed by atoms with Crippen LogP contribution >= 0.6 is 0 Å². The normalized spacial score (nSPS) is 18.8. The molecule has 0 saturated carbocycles. The van der Waals surface area contributed by atoms with Crippen molar-refractivity contribution in [2.75, 3.05) is 20.2 Å². The maximum atomic E-state index is 12.6. The molecular formula is C23H32N2O3. The number of piperidine rings is 1. The molecule has 5 nitrogen and oxygen atoms in total. The fraction of sp³-hybridized carbons (Fsp3) is 0.565. The van der Waals surface area contributed by atoms with Gasteiger partial charge in [0.15, 0.2) is 0 Å². The quantitative estimate of drug-likeness (QED) is 0.741. The number of allylic oxidation sites excluding steroid dienone is 2. The van der Waals surface area contributed by atoms with Crippen LogP contribution < -0.4 is 10.1 Å². The van der Waals surface area contributed by atoms with Gasteiger partial charge in [-0.05, 0) is 68.6 Å². The minimum absolute atomic E-state index is 0.0229. The van der Waals surface area contributed by atoms with Crippen molar-refractivity contribution in [3.63, 3.8) is 0 Å². The van der Waals surface area contributed by atoms with Gasteiger partial charge in [-0.3, -0.25) is 9.59 Å². The topological polar surface area (TPSA) is 58.6 Å². The summed E-state index contributed by atoms with van der Waals surface area (Å²) < 4.78 is 5.14. The highest BCUT2D eigenvalue weighted by Gasteiger charge is 2.29. The van der Waals surface area contributed by atoms with Crippen molar-refractivity contribution < 1.29 is 14.3 Å². The number of hydrogen-bond acceptors (Lipinski definition) is 3. The van der Waals surface area contributed by atoms with Gasteiger partial charge >= 0.3 is 0 Å². The second-order valence-electron chi connectivity index (χ2n) is 7.75. The second-order valence-corrected chi connectivity index (χ2v) is 7.75. The molecule has 1 heterocycles. The van der Waals surface area contributed by atoms with Gasteiger partial charge in [0, 0.05) is 31.6 Å². The van der Waals surface area contributed by atoms with Gasteiger partial charge in [-0.25, -0.2) is 0 Å². The van der Waals surface area contributed by atoms with E-state index in [0.717, 1.165) is 37.1 Å². The highest BCUT2D eigenvalue weighted by atomic mass is 16.5.